The van der Waals surface area contributed by atoms with Crippen molar-refractivity contribution in [2.75, 3.05) is 31.6 Å². The van der Waals surface area contributed by atoms with Crippen LogP contribution in [0, 0.1) is 5.92 Å². The number of amides is 1. The summed E-state index contributed by atoms with van der Waals surface area (Å²) in [6.45, 7) is 5.97. The molecule has 0 aromatic carbocycles. The third kappa shape index (κ3) is 3.92. The highest BCUT2D eigenvalue weighted by Gasteiger charge is 2.44. The summed E-state index contributed by atoms with van der Waals surface area (Å²) in [6.07, 6.45) is 2.46. The Labute approximate surface area is 175 Å². The maximum atomic E-state index is 13.2. The predicted octanol–water partition coefficient (Wildman–Crippen LogP) is 1.80. The predicted molar refractivity (Wildman–Crippen MR) is 109 cm³/mol. The number of ether oxygens (including phenoxy) is 2. The van der Waals surface area contributed by atoms with Crippen LogP contribution in [-0.2, 0) is 4.74 Å². The Kier molecular flexibility index (Phi) is 5.52. The monoisotopic (exact) mass is 411 g/mol. The van der Waals surface area contributed by atoms with Crippen molar-refractivity contribution in [2.24, 2.45) is 5.92 Å². The lowest BCUT2D eigenvalue weighted by Crippen LogP contribution is -2.40. The fourth-order valence-corrected chi connectivity index (χ4v) is 4.10. The van der Waals surface area contributed by atoms with E-state index >= 15 is 0 Å². The smallest absolute Gasteiger partial charge is 0.376 e. The average molecular weight is 411 g/mol. The number of carbonyl (C=O) groups is 2. The largest absolute Gasteiger partial charge is 0.475 e. The van der Waals surface area contributed by atoms with E-state index in [-0.39, 0.29) is 23.9 Å². The first-order valence-corrected chi connectivity index (χ1v) is 10.1. The number of hydrogen-bond acceptors (Lipinski definition) is 8. The molecule has 2 fully saturated rings. The van der Waals surface area contributed by atoms with Gasteiger partial charge in [-0.3, -0.25) is 4.79 Å². The van der Waals surface area contributed by atoms with Crippen LogP contribution in [0.1, 0.15) is 41.4 Å². The van der Waals surface area contributed by atoms with Gasteiger partial charge in [-0.2, -0.15) is 0 Å². The number of aromatic nitrogens is 3. The normalized spacial score (nSPS) is 20.4. The lowest BCUT2D eigenvalue weighted by Gasteiger charge is -2.25. The maximum absolute atomic E-state index is 13.2. The van der Waals surface area contributed by atoms with E-state index in [0.717, 1.165) is 13.0 Å². The van der Waals surface area contributed by atoms with Crippen LogP contribution >= 0.6 is 0 Å². The van der Waals surface area contributed by atoms with E-state index in [9.17, 15) is 9.59 Å². The second kappa shape index (κ2) is 8.25. The number of likely N-dealkylation sites (tertiary alicyclic amines) is 1. The minimum absolute atomic E-state index is 0.00912. The van der Waals surface area contributed by atoms with E-state index in [4.69, 9.17) is 9.47 Å². The van der Waals surface area contributed by atoms with Crippen molar-refractivity contribution in [1.82, 2.24) is 19.9 Å². The standard InChI is InChI=1S/C21H25N5O4/c1-13(2)30-18-6-4-5-15(23-18)20(27)26-10-8-14-11-25(12-16(14)26)17-7-9-22-19(24-17)21(28)29-3/h4-7,9,13-14,16H,8,10-12H2,1-3H3/t14-,16+/m0/s1. The Balaban J connectivity index is 1.49. The molecule has 4 rings (SSSR count). The molecule has 0 saturated carbocycles. The molecule has 158 valence electrons. The summed E-state index contributed by atoms with van der Waals surface area (Å²) >= 11 is 0. The number of hydrogen-bond donors (Lipinski definition) is 0. The minimum Gasteiger partial charge on any atom is -0.475 e. The SMILES string of the molecule is COC(=O)c1nccc(N2C[C@@H]3CCN(C(=O)c4cccc(OC(C)C)n4)[C@@H]3C2)n1. The summed E-state index contributed by atoms with van der Waals surface area (Å²) in [7, 11) is 1.30. The van der Waals surface area contributed by atoms with Gasteiger partial charge in [-0.1, -0.05) is 6.07 Å². The molecule has 2 aliphatic heterocycles. The van der Waals surface area contributed by atoms with Gasteiger partial charge < -0.3 is 19.3 Å². The highest BCUT2D eigenvalue weighted by molar-refractivity contribution is 5.93. The number of anilines is 1. The Hall–Kier alpha value is -3.23. The quantitative estimate of drug-likeness (QED) is 0.687. The van der Waals surface area contributed by atoms with Gasteiger partial charge in [-0.15, -0.1) is 0 Å². The molecule has 9 nitrogen and oxygen atoms in total. The minimum atomic E-state index is -0.567. The molecule has 2 aromatic heterocycles. The number of nitrogens with zero attached hydrogens (tertiary/aromatic N) is 5. The molecule has 4 heterocycles. The number of pyridine rings is 1. The molecule has 0 N–H and O–H groups in total. The Bertz CT molecular complexity index is 950. The van der Waals surface area contributed by atoms with Crippen LogP contribution in [0.4, 0.5) is 5.82 Å². The first kappa shape index (κ1) is 20.1. The Morgan fingerprint density at radius 1 is 1.17 bits per heavy atom. The molecular formula is C21H25N5O4. The van der Waals surface area contributed by atoms with E-state index in [1.165, 1.54) is 7.11 Å². The van der Waals surface area contributed by atoms with E-state index in [0.29, 0.717) is 36.4 Å². The molecule has 9 heteroatoms. The van der Waals surface area contributed by atoms with Crippen LogP contribution in [0.5, 0.6) is 5.88 Å². The van der Waals surface area contributed by atoms with Crippen molar-refractivity contribution in [3.63, 3.8) is 0 Å². The molecule has 2 aliphatic rings. The zero-order valence-corrected chi connectivity index (χ0v) is 17.3. The fraction of sp³-hybridized carbons (Fsp3) is 0.476. The molecule has 0 aliphatic carbocycles. The molecule has 0 spiro atoms. The van der Waals surface area contributed by atoms with Gasteiger partial charge in [0.2, 0.25) is 11.7 Å². The van der Waals surface area contributed by atoms with Gasteiger partial charge in [0.25, 0.3) is 5.91 Å². The van der Waals surface area contributed by atoms with Crippen molar-refractivity contribution < 1.29 is 19.1 Å². The van der Waals surface area contributed by atoms with Crippen molar-refractivity contribution in [1.29, 1.82) is 0 Å². The Morgan fingerprint density at radius 3 is 2.77 bits per heavy atom. The number of esters is 1. The van der Waals surface area contributed by atoms with E-state index in [1.807, 2.05) is 18.7 Å². The number of fused-ring (bicyclic) bond motifs is 1. The fourth-order valence-electron chi connectivity index (χ4n) is 4.10. The summed E-state index contributed by atoms with van der Waals surface area (Å²) in [4.78, 5) is 41.6. The van der Waals surface area contributed by atoms with Crippen molar-refractivity contribution in [3.8, 4) is 5.88 Å². The number of methoxy groups -OCH3 is 1. The summed E-state index contributed by atoms with van der Waals surface area (Å²) in [5, 5.41) is 0. The van der Waals surface area contributed by atoms with Gasteiger partial charge in [0.05, 0.1) is 19.3 Å². The van der Waals surface area contributed by atoms with Crippen LogP contribution in [0.25, 0.3) is 0 Å². The molecule has 0 radical (unpaired) electrons. The van der Waals surface area contributed by atoms with Crippen LogP contribution in [0.15, 0.2) is 30.5 Å². The van der Waals surface area contributed by atoms with Crippen molar-refractivity contribution >= 4 is 17.7 Å². The number of rotatable bonds is 5. The molecule has 1 amide bonds. The summed E-state index contributed by atoms with van der Waals surface area (Å²) in [6, 6.07) is 7.12. The van der Waals surface area contributed by atoms with Gasteiger partial charge in [-0.05, 0) is 32.4 Å². The summed E-state index contributed by atoms with van der Waals surface area (Å²) in [5.41, 5.74) is 0.391. The molecule has 2 saturated heterocycles. The van der Waals surface area contributed by atoms with Gasteiger partial charge >= 0.3 is 5.97 Å². The molecule has 2 aromatic rings. The van der Waals surface area contributed by atoms with Gasteiger partial charge in [0.1, 0.15) is 11.5 Å². The third-order valence-electron chi connectivity index (χ3n) is 5.44. The van der Waals surface area contributed by atoms with E-state index < -0.39 is 5.97 Å². The molecule has 0 unspecified atom stereocenters. The first-order valence-electron chi connectivity index (χ1n) is 10.1. The van der Waals surface area contributed by atoms with Crippen LogP contribution in [-0.4, -0.2) is 70.6 Å². The van der Waals surface area contributed by atoms with E-state index in [1.54, 1.807) is 30.5 Å². The lowest BCUT2D eigenvalue weighted by molar-refractivity contribution is 0.0586. The van der Waals surface area contributed by atoms with Gasteiger partial charge in [-0.25, -0.2) is 19.7 Å². The number of carbonyl (C=O) groups excluding carboxylic acids is 2. The van der Waals surface area contributed by atoms with Gasteiger partial charge in [0, 0.05) is 37.8 Å². The highest BCUT2D eigenvalue weighted by Crippen LogP contribution is 2.34. The first-order chi connectivity index (χ1) is 14.5. The van der Waals surface area contributed by atoms with E-state index in [2.05, 4.69) is 19.9 Å². The van der Waals surface area contributed by atoms with Crippen LogP contribution < -0.4 is 9.64 Å². The van der Waals surface area contributed by atoms with Crippen LogP contribution in [0.3, 0.4) is 0 Å². The molecule has 30 heavy (non-hydrogen) atoms. The lowest BCUT2D eigenvalue weighted by atomic mass is 10.1. The van der Waals surface area contributed by atoms with Crippen molar-refractivity contribution in [2.45, 2.75) is 32.4 Å². The van der Waals surface area contributed by atoms with Gasteiger partial charge in [0.15, 0.2) is 0 Å². The van der Waals surface area contributed by atoms with Crippen molar-refractivity contribution in [3.05, 3.63) is 42.0 Å². The summed E-state index contributed by atoms with van der Waals surface area (Å²) < 4.78 is 10.3. The maximum Gasteiger partial charge on any atom is 0.376 e. The molecule has 2 atom stereocenters. The molecular weight excluding hydrogens is 386 g/mol. The zero-order valence-electron chi connectivity index (χ0n) is 17.3. The third-order valence-corrected chi connectivity index (χ3v) is 5.44. The Morgan fingerprint density at radius 2 is 2.00 bits per heavy atom. The second-order valence-electron chi connectivity index (χ2n) is 7.78. The summed E-state index contributed by atoms with van der Waals surface area (Å²) in [5.74, 6) is 0.847. The molecule has 0 bridgehead atoms. The zero-order chi connectivity index (χ0) is 21.3. The average Bonchev–Trinajstić information content (AvgIpc) is 3.33. The second-order valence-corrected chi connectivity index (χ2v) is 7.78. The topological polar surface area (TPSA) is 97.8 Å². The highest BCUT2D eigenvalue weighted by atomic mass is 16.5. The van der Waals surface area contributed by atoms with Crippen LogP contribution in [0.2, 0.25) is 0 Å².